The molecule has 1 aromatic carbocycles. The molecule has 0 spiro atoms. The molecular formula is C15H20F2N2O3S. The molecule has 1 aliphatic carbocycles. The van der Waals surface area contributed by atoms with E-state index in [4.69, 9.17) is 0 Å². The van der Waals surface area contributed by atoms with Crippen LogP contribution < -0.4 is 0 Å². The van der Waals surface area contributed by atoms with E-state index in [9.17, 15) is 22.3 Å². The quantitative estimate of drug-likeness (QED) is 0.866. The predicted molar refractivity (Wildman–Crippen MR) is 80.3 cm³/mol. The molecule has 0 bridgehead atoms. The van der Waals surface area contributed by atoms with Crippen LogP contribution in [-0.2, 0) is 10.0 Å². The lowest BCUT2D eigenvalue weighted by Crippen LogP contribution is -2.50. The lowest BCUT2D eigenvalue weighted by atomic mass is 10.2. The Morgan fingerprint density at radius 1 is 1.17 bits per heavy atom. The Morgan fingerprint density at radius 3 is 2.39 bits per heavy atom. The van der Waals surface area contributed by atoms with Gasteiger partial charge in [0.15, 0.2) is 0 Å². The molecule has 3 rings (SSSR count). The van der Waals surface area contributed by atoms with Crippen LogP contribution in [0.15, 0.2) is 23.1 Å². The minimum Gasteiger partial charge on any atom is -0.392 e. The van der Waals surface area contributed by atoms with Crippen molar-refractivity contribution in [2.24, 2.45) is 5.92 Å². The topological polar surface area (TPSA) is 60.9 Å². The molecule has 128 valence electrons. The zero-order valence-electron chi connectivity index (χ0n) is 12.7. The normalized spacial score (nSPS) is 22.2. The number of β-amino-alcohol motifs (C(OH)–C–C–N with tert-alkyl or cyclic N) is 1. The molecule has 0 unspecified atom stereocenters. The molecule has 0 aromatic heterocycles. The highest BCUT2D eigenvalue weighted by Crippen LogP contribution is 2.33. The summed E-state index contributed by atoms with van der Waals surface area (Å²) in [5, 5.41) is 9.95. The van der Waals surface area contributed by atoms with Crippen molar-refractivity contribution < 1.29 is 22.3 Å². The van der Waals surface area contributed by atoms with Gasteiger partial charge in [-0.25, -0.2) is 17.2 Å². The van der Waals surface area contributed by atoms with Gasteiger partial charge < -0.3 is 5.11 Å². The number of nitrogens with zero attached hydrogens (tertiary/aromatic N) is 2. The van der Waals surface area contributed by atoms with Crippen LogP contribution in [0.1, 0.15) is 12.8 Å². The second kappa shape index (κ2) is 6.43. The van der Waals surface area contributed by atoms with E-state index in [1.54, 1.807) is 0 Å². The lowest BCUT2D eigenvalue weighted by molar-refractivity contribution is 0.0781. The van der Waals surface area contributed by atoms with Crippen molar-refractivity contribution in [2.45, 2.75) is 23.8 Å². The van der Waals surface area contributed by atoms with Crippen LogP contribution in [0.3, 0.4) is 0 Å². The molecule has 1 atom stereocenters. The van der Waals surface area contributed by atoms with Gasteiger partial charge in [0.05, 0.1) is 6.10 Å². The summed E-state index contributed by atoms with van der Waals surface area (Å²) in [5.74, 6) is -1.50. The molecule has 1 heterocycles. The molecule has 0 amide bonds. The van der Waals surface area contributed by atoms with Gasteiger partial charge in [-0.1, -0.05) is 0 Å². The molecule has 23 heavy (non-hydrogen) atoms. The molecule has 1 aliphatic heterocycles. The smallest absolute Gasteiger partial charge is 0.246 e. The lowest BCUT2D eigenvalue weighted by Gasteiger charge is -2.35. The summed E-state index contributed by atoms with van der Waals surface area (Å²) >= 11 is 0. The number of piperazine rings is 1. The molecule has 2 aliphatic rings. The number of aliphatic hydroxyl groups excluding tert-OH is 1. The van der Waals surface area contributed by atoms with Crippen molar-refractivity contribution in [1.29, 1.82) is 0 Å². The summed E-state index contributed by atoms with van der Waals surface area (Å²) in [6.45, 7) is 1.99. The zero-order valence-corrected chi connectivity index (χ0v) is 13.5. The van der Waals surface area contributed by atoms with Gasteiger partial charge in [0.25, 0.3) is 0 Å². The third-order valence-electron chi connectivity index (χ3n) is 4.45. The standard InChI is InChI=1S/C15H20F2N2O3S/c16-12-3-4-15(13(17)9-12)23(21,22)19-7-5-18(6-8-19)10-14(20)11-1-2-11/h3-4,9,11,14,20H,1-2,5-8,10H2/t14-/m0/s1. The van der Waals surface area contributed by atoms with E-state index in [2.05, 4.69) is 0 Å². The van der Waals surface area contributed by atoms with Crippen LogP contribution in [-0.4, -0.2) is 61.6 Å². The van der Waals surface area contributed by atoms with Crippen LogP contribution in [0.5, 0.6) is 0 Å². The highest BCUT2D eigenvalue weighted by molar-refractivity contribution is 7.89. The second-order valence-electron chi connectivity index (χ2n) is 6.18. The van der Waals surface area contributed by atoms with Crippen molar-refractivity contribution in [2.75, 3.05) is 32.7 Å². The van der Waals surface area contributed by atoms with Crippen LogP contribution in [0, 0.1) is 17.6 Å². The summed E-state index contributed by atoms with van der Waals surface area (Å²) in [6.07, 6.45) is 1.76. The first-order valence-electron chi connectivity index (χ1n) is 7.73. The highest BCUT2D eigenvalue weighted by Gasteiger charge is 2.34. The summed E-state index contributed by atoms with van der Waals surface area (Å²) < 4.78 is 52.8. The summed E-state index contributed by atoms with van der Waals surface area (Å²) in [7, 11) is -3.96. The molecule has 1 saturated carbocycles. The van der Waals surface area contributed by atoms with Crippen molar-refractivity contribution in [1.82, 2.24) is 9.21 Å². The Bertz CT molecular complexity index is 671. The fourth-order valence-electron chi connectivity index (χ4n) is 2.87. The van der Waals surface area contributed by atoms with Gasteiger partial charge in [-0.3, -0.25) is 4.90 Å². The van der Waals surface area contributed by atoms with E-state index >= 15 is 0 Å². The fourth-order valence-corrected chi connectivity index (χ4v) is 4.34. The zero-order chi connectivity index (χ0) is 16.6. The second-order valence-corrected chi connectivity index (χ2v) is 8.09. The molecule has 8 heteroatoms. The Kier molecular flexibility index (Phi) is 4.68. The third-order valence-corrected chi connectivity index (χ3v) is 6.39. The summed E-state index contributed by atoms with van der Waals surface area (Å²) in [6, 6.07) is 2.48. The number of aliphatic hydroxyl groups is 1. The summed E-state index contributed by atoms with van der Waals surface area (Å²) in [4.78, 5) is 1.53. The van der Waals surface area contributed by atoms with Gasteiger partial charge in [0.2, 0.25) is 10.0 Å². The number of sulfonamides is 1. The van der Waals surface area contributed by atoms with E-state index in [1.165, 1.54) is 4.31 Å². The van der Waals surface area contributed by atoms with Crippen LogP contribution >= 0.6 is 0 Å². The molecule has 1 aromatic rings. The van der Waals surface area contributed by atoms with Crippen LogP contribution in [0.2, 0.25) is 0 Å². The molecule has 0 radical (unpaired) electrons. The first kappa shape index (κ1) is 16.8. The van der Waals surface area contributed by atoms with Crippen molar-refractivity contribution >= 4 is 10.0 Å². The van der Waals surface area contributed by atoms with E-state index in [1.807, 2.05) is 4.90 Å². The van der Waals surface area contributed by atoms with Gasteiger partial charge in [0.1, 0.15) is 16.5 Å². The maximum Gasteiger partial charge on any atom is 0.246 e. The average Bonchev–Trinajstić information content (AvgIpc) is 3.32. The summed E-state index contributed by atoms with van der Waals surface area (Å²) in [5.41, 5.74) is 0. The van der Waals surface area contributed by atoms with Crippen molar-refractivity contribution in [3.8, 4) is 0 Å². The molecule has 5 nitrogen and oxygen atoms in total. The predicted octanol–water partition coefficient (Wildman–Crippen LogP) is 1.04. The SMILES string of the molecule is O=S(=O)(c1ccc(F)cc1F)N1CCN(C[C@H](O)C2CC2)CC1. The Hall–Kier alpha value is -1.09. The van der Waals surface area contributed by atoms with Crippen LogP contribution in [0.4, 0.5) is 8.78 Å². The monoisotopic (exact) mass is 346 g/mol. The minimum atomic E-state index is -3.96. The number of hydrogen-bond acceptors (Lipinski definition) is 4. The van der Waals surface area contributed by atoms with Gasteiger partial charge in [-0.15, -0.1) is 0 Å². The maximum absolute atomic E-state index is 13.8. The largest absolute Gasteiger partial charge is 0.392 e. The van der Waals surface area contributed by atoms with Gasteiger partial charge in [-0.05, 0) is 30.9 Å². The van der Waals surface area contributed by atoms with E-state index in [-0.39, 0.29) is 19.2 Å². The van der Waals surface area contributed by atoms with Gasteiger partial charge in [0, 0.05) is 38.8 Å². The van der Waals surface area contributed by atoms with E-state index in [0.717, 1.165) is 25.0 Å². The fraction of sp³-hybridized carbons (Fsp3) is 0.600. The Balaban J connectivity index is 1.63. The third kappa shape index (κ3) is 3.71. The number of hydrogen-bond donors (Lipinski definition) is 1. The van der Waals surface area contributed by atoms with Crippen molar-refractivity contribution in [3.05, 3.63) is 29.8 Å². The van der Waals surface area contributed by atoms with Crippen molar-refractivity contribution in [3.63, 3.8) is 0 Å². The van der Waals surface area contributed by atoms with Crippen LogP contribution in [0.25, 0.3) is 0 Å². The first-order chi connectivity index (χ1) is 10.9. The first-order valence-corrected chi connectivity index (χ1v) is 9.17. The highest BCUT2D eigenvalue weighted by atomic mass is 32.2. The molecular weight excluding hydrogens is 326 g/mol. The molecule has 2 fully saturated rings. The molecule has 1 N–H and O–H groups in total. The van der Waals surface area contributed by atoms with Gasteiger partial charge in [-0.2, -0.15) is 4.31 Å². The number of rotatable bonds is 5. The van der Waals surface area contributed by atoms with E-state index in [0.29, 0.717) is 31.6 Å². The van der Waals surface area contributed by atoms with Gasteiger partial charge >= 0.3 is 0 Å². The molecule has 1 saturated heterocycles. The average molecular weight is 346 g/mol. The Labute approximate surface area is 134 Å². The minimum absolute atomic E-state index is 0.233. The van der Waals surface area contributed by atoms with E-state index < -0.39 is 26.6 Å². The maximum atomic E-state index is 13.8. The number of benzene rings is 1. The Morgan fingerprint density at radius 2 is 1.83 bits per heavy atom. The number of halogens is 2.